The predicted molar refractivity (Wildman–Crippen MR) is 99.1 cm³/mol. The zero-order chi connectivity index (χ0) is 21.6. The molecule has 0 fully saturated rings. The normalized spacial score (nSPS) is 12.3. The molecule has 0 atom stereocenters. The molecule has 0 aliphatic carbocycles. The second-order valence-electron chi connectivity index (χ2n) is 5.87. The summed E-state index contributed by atoms with van der Waals surface area (Å²) in [5.41, 5.74) is -0.543. The number of carbonyl (C=O) groups is 2. The van der Waals surface area contributed by atoms with Crippen molar-refractivity contribution in [1.82, 2.24) is 19.9 Å². The molecule has 2 amide bonds. The van der Waals surface area contributed by atoms with Gasteiger partial charge in [0.1, 0.15) is 5.70 Å². The Hall–Kier alpha value is -3.14. The topological polar surface area (TPSA) is 79.5 Å². The number of aromatic nitrogens is 2. The molecule has 0 N–H and O–H groups in total. The third-order valence-electron chi connectivity index (χ3n) is 3.62. The maximum Gasteiger partial charge on any atom is 0.431 e. The summed E-state index contributed by atoms with van der Waals surface area (Å²) < 4.78 is 43.9. The summed E-state index contributed by atoms with van der Waals surface area (Å²) in [5, 5.41) is 4.31. The van der Waals surface area contributed by atoms with E-state index < -0.39 is 17.8 Å². The molecule has 29 heavy (non-hydrogen) atoms. The van der Waals surface area contributed by atoms with E-state index in [-0.39, 0.29) is 29.6 Å². The van der Waals surface area contributed by atoms with E-state index in [1.165, 1.54) is 7.05 Å². The molecule has 1 heterocycles. The van der Waals surface area contributed by atoms with Gasteiger partial charge >= 0.3 is 6.18 Å². The summed E-state index contributed by atoms with van der Waals surface area (Å²) in [6, 6.07) is 7.00. The van der Waals surface area contributed by atoms with Gasteiger partial charge in [0.25, 0.3) is 0 Å². The van der Waals surface area contributed by atoms with Crippen LogP contribution >= 0.6 is 11.6 Å². The monoisotopic (exact) mass is 428 g/mol. The number of alkyl halides is 3. The molecule has 11 heteroatoms. The van der Waals surface area contributed by atoms with Gasteiger partial charge in [0, 0.05) is 25.2 Å². The Bertz CT molecular complexity index is 923. The lowest BCUT2D eigenvalue weighted by Crippen LogP contribution is -2.31. The summed E-state index contributed by atoms with van der Waals surface area (Å²) in [4.78, 5) is 28.0. The predicted octanol–water partition coefficient (Wildman–Crippen LogP) is 3.39. The smallest absolute Gasteiger partial charge is 0.337 e. The van der Waals surface area contributed by atoms with Crippen molar-refractivity contribution in [2.45, 2.75) is 12.7 Å². The van der Waals surface area contributed by atoms with Gasteiger partial charge in [-0.2, -0.15) is 18.2 Å². The highest BCUT2D eigenvalue weighted by Crippen LogP contribution is 2.27. The largest absolute Gasteiger partial charge is 0.431 e. The molecule has 2 aromatic rings. The minimum Gasteiger partial charge on any atom is -0.337 e. The summed E-state index contributed by atoms with van der Waals surface area (Å²) in [5.74, 6) is -0.729. The Morgan fingerprint density at radius 2 is 1.86 bits per heavy atom. The lowest BCUT2D eigenvalue weighted by molar-refractivity contribution is -0.133. The molecule has 0 radical (unpaired) electrons. The van der Waals surface area contributed by atoms with Crippen LogP contribution in [0.1, 0.15) is 17.3 Å². The molecule has 0 saturated heterocycles. The minimum atomic E-state index is -4.86. The van der Waals surface area contributed by atoms with E-state index >= 15 is 0 Å². The molecule has 0 aliphatic heterocycles. The van der Waals surface area contributed by atoms with Crippen molar-refractivity contribution in [1.29, 1.82) is 0 Å². The molecule has 7 nitrogen and oxygen atoms in total. The van der Waals surface area contributed by atoms with Crippen molar-refractivity contribution in [3.8, 4) is 0 Å². The SMILES string of the molecule is CN(Cc1nc(/C=C/c2ccc(Cl)cc2)no1)C(=O)/C=C(\N(C)C=O)C(F)(F)F. The zero-order valence-electron chi connectivity index (χ0n) is 15.4. The summed E-state index contributed by atoms with van der Waals surface area (Å²) in [6.45, 7) is -0.215. The standard InChI is InChI=1S/C18H16ClF3N4O3/c1-25(17(28)9-14(18(20,21)22)26(2)11-27)10-16-23-15(24-29-16)8-5-12-3-6-13(19)7-4-12/h3-9,11H,10H2,1-2H3/b8-5+,14-9-. The van der Waals surface area contributed by atoms with E-state index in [2.05, 4.69) is 10.1 Å². The molecule has 0 spiro atoms. The van der Waals surface area contributed by atoms with E-state index in [0.717, 1.165) is 17.5 Å². The third kappa shape index (κ3) is 6.46. The van der Waals surface area contributed by atoms with Gasteiger partial charge in [-0.25, -0.2) is 0 Å². The molecule has 1 aromatic carbocycles. The van der Waals surface area contributed by atoms with Crippen LogP contribution in [0.3, 0.4) is 0 Å². The maximum atomic E-state index is 13.0. The number of hydrogen-bond acceptors (Lipinski definition) is 5. The summed E-state index contributed by atoms with van der Waals surface area (Å²) >= 11 is 5.81. The fourth-order valence-corrected chi connectivity index (χ4v) is 2.22. The number of allylic oxidation sites excluding steroid dienone is 1. The molecular weight excluding hydrogens is 413 g/mol. The van der Waals surface area contributed by atoms with Crippen molar-refractivity contribution in [2.75, 3.05) is 14.1 Å². The highest BCUT2D eigenvalue weighted by molar-refractivity contribution is 6.30. The minimum absolute atomic E-state index is 0.0299. The van der Waals surface area contributed by atoms with Gasteiger partial charge in [-0.05, 0) is 23.8 Å². The molecule has 0 saturated carbocycles. The van der Waals surface area contributed by atoms with Crippen LogP contribution in [0.15, 0.2) is 40.6 Å². The van der Waals surface area contributed by atoms with E-state index in [4.69, 9.17) is 16.1 Å². The number of benzene rings is 1. The number of carbonyl (C=O) groups excluding carboxylic acids is 2. The average molecular weight is 429 g/mol. The first-order valence-corrected chi connectivity index (χ1v) is 8.46. The first kappa shape index (κ1) is 22.2. The Morgan fingerprint density at radius 1 is 1.21 bits per heavy atom. The Balaban J connectivity index is 2.06. The van der Waals surface area contributed by atoms with Crippen LogP contribution < -0.4 is 0 Å². The van der Waals surface area contributed by atoms with Gasteiger partial charge in [0.2, 0.25) is 18.2 Å². The van der Waals surface area contributed by atoms with E-state index in [1.807, 2.05) is 0 Å². The highest BCUT2D eigenvalue weighted by Gasteiger charge is 2.37. The molecular formula is C18H16ClF3N4O3. The lowest BCUT2D eigenvalue weighted by Gasteiger charge is -2.19. The average Bonchev–Trinajstić information content (AvgIpc) is 3.11. The molecule has 0 aliphatic rings. The van der Waals surface area contributed by atoms with Crippen LogP contribution in [-0.2, 0) is 16.1 Å². The van der Waals surface area contributed by atoms with Crippen LogP contribution in [0, 0.1) is 0 Å². The lowest BCUT2D eigenvalue weighted by atomic mass is 10.2. The zero-order valence-corrected chi connectivity index (χ0v) is 16.1. The number of nitrogens with zero attached hydrogens (tertiary/aromatic N) is 4. The van der Waals surface area contributed by atoms with Gasteiger partial charge in [-0.15, -0.1) is 0 Å². The van der Waals surface area contributed by atoms with Crippen molar-refractivity contribution >= 4 is 36.1 Å². The maximum absolute atomic E-state index is 13.0. The van der Waals surface area contributed by atoms with Crippen LogP contribution in [-0.4, -0.2) is 52.5 Å². The van der Waals surface area contributed by atoms with Crippen LogP contribution in [0.2, 0.25) is 5.02 Å². The molecule has 0 unspecified atom stereocenters. The molecule has 154 valence electrons. The number of likely N-dealkylation sites (N-methyl/N-ethyl adjacent to an activating group) is 1. The van der Waals surface area contributed by atoms with E-state index in [0.29, 0.717) is 11.1 Å². The van der Waals surface area contributed by atoms with E-state index in [9.17, 15) is 22.8 Å². The van der Waals surface area contributed by atoms with Gasteiger partial charge in [0.15, 0.2) is 5.82 Å². The Labute approximate surface area is 169 Å². The summed E-state index contributed by atoms with van der Waals surface area (Å²) in [7, 11) is 2.16. The molecule has 1 aromatic heterocycles. The van der Waals surface area contributed by atoms with Gasteiger partial charge < -0.3 is 14.3 Å². The van der Waals surface area contributed by atoms with Crippen molar-refractivity contribution < 1.29 is 27.3 Å². The molecule has 0 bridgehead atoms. The van der Waals surface area contributed by atoms with Crippen LogP contribution in [0.5, 0.6) is 0 Å². The Morgan fingerprint density at radius 3 is 2.45 bits per heavy atom. The van der Waals surface area contributed by atoms with Crippen molar-refractivity contribution in [3.05, 3.63) is 58.3 Å². The Kier molecular flexibility index (Phi) is 7.16. The number of rotatable bonds is 7. The van der Waals surface area contributed by atoms with Gasteiger partial charge in [-0.1, -0.05) is 35.0 Å². The first-order valence-electron chi connectivity index (χ1n) is 8.08. The number of amides is 2. The second-order valence-corrected chi connectivity index (χ2v) is 6.31. The number of hydrogen-bond donors (Lipinski definition) is 0. The van der Waals surface area contributed by atoms with Gasteiger partial charge in [-0.3, -0.25) is 9.59 Å². The fourth-order valence-electron chi connectivity index (χ4n) is 2.09. The first-order chi connectivity index (χ1) is 13.6. The van der Waals surface area contributed by atoms with Crippen molar-refractivity contribution in [2.24, 2.45) is 0 Å². The third-order valence-corrected chi connectivity index (χ3v) is 3.87. The summed E-state index contributed by atoms with van der Waals surface area (Å²) in [6.07, 6.45) is -1.29. The quantitative estimate of drug-likeness (QED) is 0.499. The highest BCUT2D eigenvalue weighted by atomic mass is 35.5. The van der Waals surface area contributed by atoms with Crippen molar-refractivity contribution in [3.63, 3.8) is 0 Å². The second kappa shape index (κ2) is 9.37. The fraction of sp³-hybridized carbons (Fsp3) is 0.222. The van der Waals surface area contributed by atoms with Crippen LogP contribution in [0.25, 0.3) is 12.2 Å². The number of halogens is 4. The van der Waals surface area contributed by atoms with Gasteiger partial charge in [0.05, 0.1) is 6.54 Å². The molecule has 2 rings (SSSR count). The van der Waals surface area contributed by atoms with Crippen LogP contribution in [0.4, 0.5) is 13.2 Å². The van der Waals surface area contributed by atoms with E-state index in [1.54, 1.807) is 36.4 Å².